The quantitative estimate of drug-likeness (QED) is 0.260. The highest BCUT2D eigenvalue weighted by Crippen LogP contribution is 2.32. The summed E-state index contributed by atoms with van der Waals surface area (Å²) < 4.78 is 19.5. The summed E-state index contributed by atoms with van der Waals surface area (Å²) in [5, 5.41) is 3.83. The molecule has 0 radical (unpaired) electrons. The van der Waals surface area contributed by atoms with Crippen LogP contribution in [0.15, 0.2) is 103 Å². The van der Waals surface area contributed by atoms with Crippen LogP contribution in [0.25, 0.3) is 22.0 Å². The van der Waals surface area contributed by atoms with Crippen LogP contribution in [0.3, 0.4) is 0 Å². The maximum atomic E-state index is 14.0. The van der Waals surface area contributed by atoms with E-state index in [0.29, 0.717) is 6.42 Å². The number of pyridine rings is 1. The Morgan fingerprint density at radius 2 is 1.76 bits per heavy atom. The molecular formula is C32H27FN2O2. The molecule has 37 heavy (non-hydrogen) atoms. The number of methoxy groups -OCH3 is 1. The number of rotatable bonds is 7. The number of para-hydroxylation sites is 1. The third-order valence-electron chi connectivity index (χ3n) is 6.55. The van der Waals surface area contributed by atoms with Crippen LogP contribution in [0, 0.1) is 12.7 Å². The van der Waals surface area contributed by atoms with Gasteiger partial charge in [0.1, 0.15) is 11.6 Å². The van der Waals surface area contributed by atoms with Crippen molar-refractivity contribution in [3.63, 3.8) is 0 Å². The number of anilines is 1. The predicted octanol–water partition coefficient (Wildman–Crippen LogP) is 7.32. The van der Waals surface area contributed by atoms with Gasteiger partial charge < -0.3 is 10.1 Å². The lowest BCUT2D eigenvalue weighted by molar-refractivity contribution is -0.117. The van der Waals surface area contributed by atoms with Crippen molar-refractivity contribution in [3.8, 4) is 16.9 Å². The first-order valence-electron chi connectivity index (χ1n) is 12.2. The van der Waals surface area contributed by atoms with Gasteiger partial charge in [-0.25, -0.2) is 4.39 Å². The molecule has 0 saturated carbocycles. The summed E-state index contributed by atoms with van der Waals surface area (Å²) in [5.74, 6) is -0.0981. The number of nitrogens with zero attached hydrogens (tertiary/aromatic N) is 1. The average Bonchev–Trinajstić information content (AvgIpc) is 2.91. The standard InChI is InChI=1S/C32H27FN2O2/c1-21-6-5-8-26(18-21)35-32(36)28(19-24-7-3-4-9-31(24)37-2)23-12-10-22(11-13-23)27-16-17-34-30-15-14-25(33)20-29(27)30/h3-18,20,28H,19H2,1-2H3,(H,35,36). The fraction of sp³-hybridized carbons (Fsp3) is 0.125. The smallest absolute Gasteiger partial charge is 0.232 e. The van der Waals surface area contributed by atoms with Gasteiger partial charge in [-0.2, -0.15) is 0 Å². The van der Waals surface area contributed by atoms with Crippen molar-refractivity contribution in [2.24, 2.45) is 0 Å². The number of aromatic nitrogens is 1. The Kier molecular flexibility index (Phi) is 6.95. The van der Waals surface area contributed by atoms with Crippen molar-refractivity contribution >= 4 is 22.5 Å². The molecular weight excluding hydrogens is 463 g/mol. The van der Waals surface area contributed by atoms with Gasteiger partial charge in [-0.3, -0.25) is 9.78 Å². The van der Waals surface area contributed by atoms with Gasteiger partial charge in [-0.15, -0.1) is 0 Å². The topological polar surface area (TPSA) is 51.2 Å². The number of ether oxygens (including phenoxy) is 1. The van der Waals surface area contributed by atoms with E-state index in [0.717, 1.165) is 50.2 Å². The normalized spacial score (nSPS) is 11.8. The van der Waals surface area contributed by atoms with Crippen molar-refractivity contribution in [1.82, 2.24) is 4.98 Å². The van der Waals surface area contributed by atoms with Crippen LogP contribution in [-0.4, -0.2) is 18.0 Å². The van der Waals surface area contributed by atoms with E-state index in [4.69, 9.17) is 4.74 Å². The molecule has 5 aromatic rings. The minimum atomic E-state index is -0.447. The number of hydrogen-bond donors (Lipinski definition) is 1. The maximum Gasteiger partial charge on any atom is 0.232 e. The van der Waals surface area contributed by atoms with E-state index < -0.39 is 5.92 Å². The highest BCUT2D eigenvalue weighted by molar-refractivity contribution is 5.97. The monoisotopic (exact) mass is 490 g/mol. The van der Waals surface area contributed by atoms with Crippen LogP contribution in [0.1, 0.15) is 22.6 Å². The van der Waals surface area contributed by atoms with E-state index in [1.807, 2.05) is 85.8 Å². The summed E-state index contributed by atoms with van der Waals surface area (Å²) in [6, 6.07) is 29.9. The lowest BCUT2D eigenvalue weighted by atomic mass is 9.89. The highest BCUT2D eigenvalue weighted by Gasteiger charge is 2.23. The number of aryl methyl sites for hydroxylation is 1. The van der Waals surface area contributed by atoms with Crippen LogP contribution in [0.2, 0.25) is 0 Å². The van der Waals surface area contributed by atoms with Gasteiger partial charge in [0, 0.05) is 17.3 Å². The number of nitrogens with one attached hydrogen (secondary N) is 1. The number of fused-ring (bicyclic) bond motifs is 1. The van der Waals surface area contributed by atoms with Crippen LogP contribution in [0.4, 0.5) is 10.1 Å². The number of benzene rings is 4. The van der Waals surface area contributed by atoms with Crippen LogP contribution in [-0.2, 0) is 11.2 Å². The number of halogens is 1. The zero-order chi connectivity index (χ0) is 25.8. The summed E-state index contributed by atoms with van der Waals surface area (Å²) in [7, 11) is 1.64. The van der Waals surface area contributed by atoms with Crippen molar-refractivity contribution in [1.29, 1.82) is 0 Å². The average molecular weight is 491 g/mol. The summed E-state index contributed by atoms with van der Waals surface area (Å²) >= 11 is 0. The number of carbonyl (C=O) groups excluding carboxylic acids is 1. The summed E-state index contributed by atoms with van der Waals surface area (Å²) in [6.07, 6.45) is 2.20. The van der Waals surface area contributed by atoms with E-state index in [1.165, 1.54) is 12.1 Å². The Bertz CT molecular complexity index is 1560. The zero-order valence-electron chi connectivity index (χ0n) is 20.7. The minimum Gasteiger partial charge on any atom is -0.496 e. The molecule has 0 saturated heterocycles. The summed E-state index contributed by atoms with van der Waals surface area (Å²) in [5.41, 5.74) is 6.22. The van der Waals surface area contributed by atoms with Gasteiger partial charge in [0.25, 0.3) is 0 Å². The minimum absolute atomic E-state index is 0.0966. The molecule has 4 nitrogen and oxygen atoms in total. The van der Waals surface area contributed by atoms with Gasteiger partial charge >= 0.3 is 0 Å². The third-order valence-corrected chi connectivity index (χ3v) is 6.55. The van der Waals surface area contributed by atoms with Crippen molar-refractivity contribution in [3.05, 3.63) is 126 Å². The van der Waals surface area contributed by atoms with E-state index in [2.05, 4.69) is 10.3 Å². The maximum absolute atomic E-state index is 14.0. The zero-order valence-corrected chi connectivity index (χ0v) is 20.7. The van der Waals surface area contributed by atoms with Gasteiger partial charge in [0.2, 0.25) is 5.91 Å². The Balaban J connectivity index is 1.51. The molecule has 0 bridgehead atoms. The molecule has 1 atom stereocenters. The Morgan fingerprint density at radius 3 is 2.54 bits per heavy atom. The Labute approximate surface area is 215 Å². The molecule has 0 aliphatic heterocycles. The Hall–Kier alpha value is -4.51. The predicted molar refractivity (Wildman–Crippen MR) is 146 cm³/mol. The molecule has 1 heterocycles. The molecule has 4 aromatic carbocycles. The molecule has 0 aliphatic carbocycles. The van der Waals surface area contributed by atoms with Crippen LogP contribution >= 0.6 is 0 Å². The second-order valence-corrected chi connectivity index (χ2v) is 9.07. The molecule has 1 unspecified atom stereocenters. The second kappa shape index (κ2) is 10.6. The van der Waals surface area contributed by atoms with E-state index in [1.54, 1.807) is 19.4 Å². The van der Waals surface area contributed by atoms with Crippen molar-refractivity contribution < 1.29 is 13.9 Å². The first-order chi connectivity index (χ1) is 18.0. The molecule has 5 heteroatoms. The van der Waals surface area contributed by atoms with Gasteiger partial charge in [-0.1, -0.05) is 54.6 Å². The van der Waals surface area contributed by atoms with E-state index in [-0.39, 0.29) is 11.7 Å². The number of carbonyl (C=O) groups is 1. The fourth-order valence-electron chi connectivity index (χ4n) is 4.67. The molecule has 1 N–H and O–H groups in total. The molecule has 5 rings (SSSR count). The molecule has 0 fully saturated rings. The molecule has 0 aliphatic rings. The fourth-order valence-corrected chi connectivity index (χ4v) is 4.67. The lowest BCUT2D eigenvalue weighted by Gasteiger charge is -2.20. The first kappa shape index (κ1) is 24.2. The lowest BCUT2D eigenvalue weighted by Crippen LogP contribution is -2.23. The largest absolute Gasteiger partial charge is 0.496 e. The second-order valence-electron chi connectivity index (χ2n) is 9.07. The van der Waals surface area contributed by atoms with Crippen LogP contribution < -0.4 is 10.1 Å². The van der Waals surface area contributed by atoms with E-state index >= 15 is 0 Å². The first-order valence-corrected chi connectivity index (χ1v) is 12.2. The molecule has 1 amide bonds. The van der Waals surface area contributed by atoms with Crippen molar-refractivity contribution in [2.45, 2.75) is 19.3 Å². The SMILES string of the molecule is COc1ccccc1CC(C(=O)Nc1cccc(C)c1)c1ccc(-c2ccnc3ccc(F)cc23)cc1. The van der Waals surface area contributed by atoms with E-state index in [9.17, 15) is 9.18 Å². The summed E-state index contributed by atoms with van der Waals surface area (Å²) in [6.45, 7) is 2.00. The molecule has 184 valence electrons. The van der Waals surface area contributed by atoms with Crippen molar-refractivity contribution in [2.75, 3.05) is 12.4 Å². The number of amides is 1. The number of hydrogen-bond acceptors (Lipinski definition) is 3. The third kappa shape index (κ3) is 5.36. The molecule has 0 spiro atoms. The van der Waals surface area contributed by atoms with Gasteiger partial charge in [0.05, 0.1) is 18.5 Å². The van der Waals surface area contributed by atoms with Gasteiger partial charge in [0.15, 0.2) is 0 Å². The van der Waals surface area contributed by atoms with Crippen LogP contribution in [0.5, 0.6) is 5.75 Å². The molecule has 1 aromatic heterocycles. The van der Waals surface area contributed by atoms with Gasteiger partial charge in [-0.05, 0) is 83.6 Å². The highest BCUT2D eigenvalue weighted by atomic mass is 19.1. The Morgan fingerprint density at radius 1 is 0.946 bits per heavy atom. The summed E-state index contributed by atoms with van der Waals surface area (Å²) in [4.78, 5) is 17.9.